The number of aromatic nitrogens is 2. The van der Waals surface area contributed by atoms with Crippen molar-refractivity contribution in [1.82, 2.24) is 10.2 Å². The molecule has 4 rings (SSSR count). The first-order valence-electron chi connectivity index (χ1n) is 9.81. The second-order valence-corrected chi connectivity index (χ2v) is 8.27. The van der Waals surface area contributed by atoms with Crippen LogP contribution in [-0.2, 0) is 22.4 Å². The molecule has 0 aliphatic carbocycles. The summed E-state index contributed by atoms with van der Waals surface area (Å²) in [6, 6.07) is 15.9. The van der Waals surface area contributed by atoms with Crippen LogP contribution in [0.1, 0.15) is 23.4 Å². The summed E-state index contributed by atoms with van der Waals surface area (Å²) < 4.78 is 13.1. The lowest BCUT2D eigenvalue weighted by Crippen LogP contribution is -2.28. The van der Waals surface area contributed by atoms with E-state index in [1.807, 2.05) is 18.2 Å². The van der Waals surface area contributed by atoms with E-state index in [1.165, 1.54) is 33.9 Å². The van der Waals surface area contributed by atoms with Gasteiger partial charge in [0.15, 0.2) is 0 Å². The molecule has 0 unspecified atom stereocenters. The zero-order chi connectivity index (χ0) is 20.9. The summed E-state index contributed by atoms with van der Waals surface area (Å²) in [5.74, 6) is -1.25. The largest absolute Gasteiger partial charge is 0.312 e. The second kappa shape index (κ2) is 9.13. The number of carbonyl (C=O) groups excluding carboxylic acids is 2. The summed E-state index contributed by atoms with van der Waals surface area (Å²) in [6.07, 6.45) is 2.83. The Labute approximate surface area is 177 Å². The maximum atomic E-state index is 13.1. The molecule has 0 radical (unpaired) electrons. The van der Waals surface area contributed by atoms with Crippen molar-refractivity contribution < 1.29 is 14.0 Å². The lowest BCUT2D eigenvalue weighted by molar-refractivity contribution is -0.122. The van der Waals surface area contributed by atoms with Crippen molar-refractivity contribution in [3.05, 3.63) is 71.0 Å². The van der Waals surface area contributed by atoms with Gasteiger partial charge in [-0.3, -0.25) is 9.59 Å². The lowest BCUT2D eigenvalue weighted by atomic mass is 10.1. The zero-order valence-corrected chi connectivity index (χ0v) is 17.1. The molecule has 2 amide bonds. The SMILES string of the molecule is O=C(Nc1nnc(CCCc2ccccc2)s1)[C@H]1CC(=O)N(c2ccc(F)cc2)C1. The number of amides is 2. The first-order chi connectivity index (χ1) is 14.6. The highest BCUT2D eigenvalue weighted by atomic mass is 32.1. The molecule has 1 aromatic heterocycles. The van der Waals surface area contributed by atoms with E-state index in [9.17, 15) is 14.0 Å². The van der Waals surface area contributed by atoms with Gasteiger partial charge in [0.1, 0.15) is 10.8 Å². The average molecular weight is 425 g/mol. The molecule has 1 aliphatic heterocycles. The number of nitrogens with one attached hydrogen (secondary N) is 1. The second-order valence-electron chi connectivity index (χ2n) is 7.21. The standard InChI is InChI=1S/C22H21FN4O2S/c23-17-9-11-18(12-10-17)27-14-16(13-20(27)28)21(29)24-22-26-25-19(30-22)8-4-7-15-5-2-1-3-6-15/h1-3,5-6,9-12,16H,4,7-8,13-14H2,(H,24,26,29)/t16-/m0/s1. The Balaban J connectivity index is 1.29. The van der Waals surface area contributed by atoms with E-state index in [-0.39, 0.29) is 30.6 Å². The summed E-state index contributed by atoms with van der Waals surface area (Å²) >= 11 is 1.36. The van der Waals surface area contributed by atoms with Crippen LogP contribution >= 0.6 is 11.3 Å². The van der Waals surface area contributed by atoms with E-state index < -0.39 is 5.92 Å². The third-order valence-electron chi connectivity index (χ3n) is 5.03. The summed E-state index contributed by atoms with van der Waals surface area (Å²) in [5.41, 5.74) is 1.88. The first kappa shape index (κ1) is 20.2. The third-order valence-corrected chi connectivity index (χ3v) is 5.93. The van der Waals surface area contributed by atoms with E-state index in [1.54, 1.807) is 12.1 Å². The smallest absolute Gasteiger partial charge is 0.231 e. The average Bonchev–Trinajstić information content (AvgIpc) is 3.36. The van der Waals surface area contributed by atoms with E-state index >= 15 is 0 Å². The Morgan fingerprint density at radius 2 is 1.87 bits per heavy atom. The summed E-state index contributed by atoms with van der Waals surface area (Å²) in [6.45, 7) is 0.263. The van der Waals surface area contributed by atoms with Crippen LogP contribution in [-0.4, -0.2) is 28.6 Å². The number of benzene rings is 2. The molecule has 2 heterocycles. The molecule has 8 heteroatoms. The van der Waals surface area contributed by atoms with Crippen LogP contribution in [0.5, 0.6) is 0 Å². The Morgan fingerprint density at radius 1 is 1.10 bits per heavy atom. The Hall–Kier alpha value is -3.13. The van der Waals surface area contributed by atoms with Gasteiger partial charge in [-0.05, 0) is 42.7 Å². The molecule has 0 spiro atoms. The third kappa shape index (κ3) is 4.88. The van der Waals surface area contributed by atoms with Crippen LogP contribution in [0.2, 0.25) is 0 Å². The van der Waals surface area contributed by atoms with Crippen LogP contribution in [0.25, 0.3) is 0 Å². The molecule has 1 saturated heterocycles. The molecular formula is C22H21FN4O2S. The van der Waals surface area contributed by atoms with E-state index in [0.29, 0.717) is 10.8 Å². The molecule has 0 saturated carbocycles. The van der Waals surface area contributed by atoms with Gasteiger partial charge in [0, 0.05) is 25.1 Å². The fourth-order valence-electron chi connectivity index (χ4n) is 3.45. The topological polar surface area (TPSA) is 75.2 Å². The van der Waals surface area contributed by atoms with Crippen molar-refractivity contribution in [2.24, 2.45) is 5.92 Å². The van der Waals surface area contributed by atoms with Gasteiger partial charge in [-0.2, -0.15) is 0 Å². The molecule has 30 heavy (non-hydrogen) atoms. The number of anilines is 2. The number of carbonyl (C=O) groups is 2. The van der Waals surface area contributed by atoms with Crippen LogP contribution in [0.4, 0.5) is 15.2 Å². The molecule has 1 N–H and O–H groups in total. The van der Waals surface area contributed by atoms with Crippen LogP contribution in [0, 0.1) is 11.7 Å². The minimum absolute atomic E-state index is 0.117. The van der Waals surface area contributed by atoms with E-state index in [0.717, 1.165) is 24.3 Å². The maximum Gasteiger partial charge on any atom is 0.231 e. The summed E-state index contributed by atoms with van der Waals surface area (Å²) in [7, 11) is 0. The van der Waals surface area contributed by atoms with Gasteiger partial charge >= 0.3 is 0 Å². The maximum absolute atomic E-state index is 13.1. The number of hydrogen-bond acceptors (Lipinski definition) is 5. The highest BCUT2D eigenvalue weighted by Gasteiger charge is 2.35. The zero-order valence-electron chi connectivity index (χ0n) is 16.3. The summed E-state index contributed by atoms with van der Waals surface area (Å²) in [5, 5.41) is 12.3. The molecule has 1 atom stereocenters. The number of hydrogen-bond donors (Lipinski definition) is 1. The van der Waals surface area contributed by atoms with Gasteiger partial charge in [0.2, 0.25) is 16.9 Å². The molecule has 3 aromatic rings. The van der Waals surface area contributed by atoms with Gasteiger partial charge in [0.25, 0.3) is 0 Å². The fourth-order valence-corrected chi connectivity index (χ4v) is 4.24. The number of nitrogens with zero attached hydrogens (tertiary/aromatic N) is 3. The highest BCUT2D eigenvalue weighted by molar-refractivity contribution is 7.15. The van der Waals surface area contributed by atoms with Gasteiger partial charge in [-0.15, -0.1) is 10.2 Å². The van der Waals surface area contributed by atoms with Crippen molar-refractivity contribution in [3.63, 3.8) is 0 Å². The Bertz CT molecular complexity index is 1020. The molecule has 0 bridgehead atoms. The highest BCUT2D eigenvalue weighted by Crippen LogP contribution is 2.27. The molecule has 2 aromatic carbocycles. The number of rotatable bonds is 7. The van der Waals surface area contributed by atoms with Crippen molar-refractivity contribution in [3.8, 4) is 0 Å². The number of halogens is 1. The first-order valence-corrected chi connectivity index (χ1v) is 10.6. The Kier molecular flexibility index (Phi) is 6.13. The van der Waals surface area contributed by atoms with Crippen molar-refractivity contribution in [2.45, 2.75) is 25.7 Å². The monoisotopic (exact) mass is 424 g/mol. The van der Waals surface area contributed by atoms with Crippen molar-refractivity contribution >= 4 is 34.0 Å². The minimum atomic E-state index is -0.479. The quantitative estimate of drug-likeness (QED) is 0.625. The van der Waals surface area contributed by atoms with Crippen LogP contribution in [0.3, 0.4) is 0 Å². The molecular weight excluding hydrogens is 403 g/mol. The molecule has 6 nitrogen and oxygen atoms in total. The predicted molar refractivity (Wildman–Crippen MR) is 114 cm³/mol. The molecule has 1 aliphatic rings. The van der Waals surface area contributed by atoms with Crippen LogP contribution < -0.4 is 10.2 Å². The number of aryl methyl sites for hydroxylation is 2. The lowest BCUT2D eigenvalue weighted by Gasteiger charge is -2.16. The van der Waals surface area contributed by atoms with Crippen molar-refractivity contribution in [1.29, 1.82) is 0 Å². The minimum Gasteiger partial charge on any atom is -0.312 e. The van der Waals surface area contributed by atoms with Crippen molar-refractivity contribution in [2.75, 3.05) is 16.8 Å². The van der Waals surface area contributed by atoms with Gasteiger partial charge < -0.3 is 10.2 Å². The molecule has 154 valence electrons. The van der Waals surface area contributed by atoms with E-state index in [4.69, 9.17) is 0 Å². The predicted octanol–water partition coefficient (Wildman–Crippen LogP) is 3.84. The normalized spacial score (nSPS) is 16.1. The fraction of sp³-hybridized carbons (Fsp3) is 0.273. The van der Waals surface area contributed by atoms with Gasteiger partial charge in [-0.25, -0.2) is 4.39 Å². The summed E-state index contributed by atoms with van der Waals surface area (Å²) in [4.78, 5) is 26.4. The molecule has 1 fully saturated rings. The van der Waals surface area contributed by atoms with Gasteiger partial charge in [0.05, 0.1) is 5.92 Å². The Morgan fingerprint density at radius 3 is 2.63 bits per heavy atom. The van der Waals surface area contributed by atoms with E-state index in [2.05, 4.69) is 27.6 Å². The van der Waals surface area contributed by atoms with Gasteiger partial charge in [-0.1, -0.05) is 41.7 Å². The van der Waals surface area contributed by atoms with Crippen LogP contribution in [0.15, 0.2) is 54.6 Å².